The van der Waals surface area contributed by atoms with Crippen LogP contribution in [0.25, 0.3) is 0 Å². The van der Waals surface area contributed by atoms with E-state index in [1.807, 2.05) is 0 Å². The minimum absolute atomic E-state index is 0.332. The molecule has 1 aliphatic heterocycles. The molecule has 0 aliphatic carbocycles. The predicted molar refractivity (Wildman–Crippen MR) is 51.7 cm³/mol. The van der Waals surface area contributed by atoms with Crippen LogP contribution in [0.15, 0.2) is 12.2 Å². The van der Waals surface area contributed by atoms with Crippen LogP contribution in [0.1, 0.15) is 25.7 Å². The Kier molecular flexibility index (Phi) is 3.48. The summed E-state index contributed by atoms with van der Waals surface area (Å²) in [5, 5.41) is 8.68. The highest BCUT2D eigenvalue weighted by molar-refractivity contribution is 5.85. The van der Waals surface area contributed by atoms with Crippen molar-refractivity contribution >= 4 is 5.97 Å². The van der Waals surface area contributed by atoms with Crippen molar-refractivity contribution in [1.29, 1.82) is 0 Å². The van der Waals surface area contributed by atoms with E-state index < -0.39 is 5.97 Å². The number of hydrogen-bond donors (Lipinski definition) is 1. The number of nitrogens with zero attached hydrogens (tertiary/aromatic N) is 1. The third kappa shape index (κ3) is 2.84. The maximum atomic E-state index is 10.6. The van der Waals surface area contributed by atoms with Crippen LogP contribution in [-0.2, 0) is 4.79 Å². The monoisotopic (exact) mass is 183 g/mol. The lowest BCUT2D eigenvalue weighted by molar-refractivity contribution is -0.132. The van der Waals surface area contributed by atoms with E-state index in [0.717, 1.165) is 13.0 Å². The number of rotatable bonds is 3. The second-order valence-corrected chi connectivity index (χ2v) is 3.74. The highest BCUT2D eigenvalue weighted by atomic mass is 16.4. The summed E-state index contributed by atoms with van der Waals surface area (Å²) >= 11 is 0. The highest BCUT2D eigenvalue weighted by Gasteiger charge is 2.21. The zero-order valence-electron chi connectivity index (χ0n) is 8.12. The predicted octanol–water partition coefficient (Wildman–Crippen LogP) is 1.50. The second kappa shape index (κ2) is 4.42. The number of likely N-dealkylation sites (tertiary alicyclic amines) is 1. The van der Waals surface area contributed by atoms with E-state index in [2.05, 4.69) is 18.5 Å². The SMILES string of the molecule is C=C(CC1CCCCN1C)C(=O)O. The van der Waals surface area contributed by atoms with Crippen LogP contribution in [0.4, 0.5) is 0 Å². The van der Waals surface area contributed by atoms with Crippen LogP contribution in [0.2, 0.25) is 0 Å². The number of carboxylic acids is 1. The van der Waals surface area contributed by atoms with Crippen molar-refractivity contribution in [2.75, 3.05) is 13.6 Å². The van der Waals surface area contributed by atoms with E-state index in [1.54, 1.807) is 0 Å². The molecule has 0 amide bonds. The van der Waals surface area contributed by atoms with Gasteiger partial charge in [-0.3, -0.25) is 0 Å². The first kappa shape index (κ1) is 10.3. The van der Waals surface area contributed by atoms with Gasteiger partial charge in [0.05, 0.1) is 0 Å². The molecule has 3 heteroatoms. The second-order valence-electron chi connectivity index (χ2n) is 3.74. The molecule has 0 radical (unpaired) electrons. The zero-order chi connectivity index (χ0) is 9.84. The van der Waals surface area contributed by atoms with Crippen molar-refractivity contribution in [1.82, 2.24) is 4.90 Å². The van der Waals surface area contributed by atoms with Crippen LogP contribution in [0.3, 0.4) is 0 Å². The fraction of sp³-hybridized carbons (Fsp3) is 0.700. The fourth-order valence-electron chi connectivity index (χ4n) is 1.77. The summed E-state index contributed by atoms with van der Waals surface area (Å²) in [5.41, 5.74) is 0.332. The van der Waals surface area contributed by atoms with Crippen molar-refractivity contribution in [2.24, 2.45) is 0 Å². The number of aliphatic carboxylic acids is 1. The van der Waals surface area contributed by atoms with Gasteiger partial charge in [0.15, 0.2) is 0 Å². The maximum absolute atomic E-state index is 10.6. The summed E-state index contributed by atoms with van der Waals surface area (Å²) in [6, 6.07) is 0.386. The third-order valence-corrected chi connectivity index (χ3v) is 2.71. The van der Waals surface area contributed by atoms with Crippen molar-refractivity contribution in [2.45, 2.75) is 31.7 Å². The Morgan fingerprint density at radius 1 is 1.62 bits per heavy atom. The molecule has 74 valence electrons. The van der Waals surface area contributed by atoms with Crippen molar-refractivity contribution < 1.29 is 9.90 Å². The van der Waals surface area contributed by atoms with Gasteiger partial charge < -0.3 is 10.0 Å². The Morgan fingerprint density at radius 2 is 2.31 bits per heavy atom. The summed E-state index contributed by atoms with van der Waals surface area (Å²) in [5.74, 6) is -0.862. The van der Waals surface area contributed by atoms with Gasteiger partial charge in [0.25, 0.3) is 0 Å². The molecular weight excluding hydrogens is 166 g/mol. The lowest BCUT2D eigenvalue weighted by Gasteiger charge is -2.32. The smallest absolute Gasteiger partial charge is 0.331 e. The number of carboxylic acid groups (broad SMARTS) is 1. The van der Waals surface area contributed by atoms with Gasteiger partial charge in [-0.15, -0.1) is 0 Å². The molecule has 1 unspecified atom stereocenters. The van der Waals surface area contributed by atoms with Crippen LogP contribution in [0, 0.1) is 0 Å². The lowest BCUT2D eigenvalue weighted by atomic mass is 9.97. The first-order valence-electron chi connectivity index (χ1n) is 4.72. The summed E-state index contributed by atoms with van der Waals surface area (Å²) < 4.78 is 0. The van der Waals surface area contributed by atoms with Gasteiger partial charge in [0.1, 0.15) is 0 Å². The molecule has 1 rings (SSSR count). The Hall–Kier alpha value is -0.830. The molecule has 1 atom stereocenters. The average Bonchev–Trinajstić information content (AvgIpc) is 2.08. The summed E-state index contributed by atoms with van der Waals surface area (Å²) in [6.45, 7) is 4.64. The van der Waals surface area contributed by atoms with Gasteiger partial charge in [-0.2, -0.15) is 0 Å². The summed E-state index contributed by atoms with van der Waals surface area (Å²) in [4.78, 5) is 12.8. The third-order valence-electron chi connectivity index (χ3n) is 2.71. The lowest BCUT2D eigenvalue weighted by Crippen LogP contribution is -2.36. The highest BCUT2D eigenvalue weighted by Crippen LogP contribution is 2.20. The minimum Gasteiger partial charge on any atom is -0.478 e. The van der Waals surface area contributed by atoms with Gasteiger partial charge in [-0.25, -0.2) is 4.79 Å². The van der Waals surface area contributed by atoms with Crippen LogP contribution < -0.4 is 0 Å². The van der Waals surface area contributed by atoms with Crippen LogP contribution >= 0.6 is 0 Å². The Bertz CT molecular complexity index is 213. The topological polar surface area (TPSA) is 40.5 Å². The van der Waals surface area contributed by atoms with Crippen molar-refractivity contribution in [3.8, 4) is 0 Å². The van der Waals surface area contributed by atoms with Gasteiger partial charge >= 0.3 is 5.97 Å². The summed E-state index contributed by atoms with van der Waals surface area (Å²) in [6.07, 6.45) is 4.14. The van der Waals surface area contributed by atoms with E-state index in [4.69, 9.17) is 5.11 Å². The van der Waals surface area contributed by atoms with E-state index >= 15 is 0 Å². The molecule has 0 aromatic heterocycles. The van der Waals surface area contributed by atoms with E-state index in [0.29, 0.717) is 18.0 Å². The van der Waals surface area contributed by atoms with Gasteiger partial charge in [0.2, 0.25) is 0 Å². The molecule has 1 aliphatic rings. The Labute approximate surface area is 79.0 Å². The molecule has 13 heavy (non-hydrogen) atoms. The van der Waals surface area contributed by atoms with Crippen LogP contribution in [0.5, 0.6) is 0 Å². The molecule has 1 heterocycles. The molecule has 3 nitrogen and oxygen atoms in total. The van der Waals surface area contributed by atoms with E-state index in [9.17, 15) is 4.79 Å². The number of piperidine rings is 1. The van der Waals surface area contributed by atoms with Crippen LogP contribution in [-0.4, -0.2) is 35.6 Å². The Balaban J connectivity index is 2.42. The normalized spacial score (nSPS) is 24.2. The maximum Gasteiger partial charge on any atom is 0.331 e. The molecule has 0 spiro atoms. The molecule has 0 bridgehead atoms. The van der Waals surface area contributed by atoms with Crippen molar-refractivity contribution in [3.63, 3.8) is 0 Å². The Morgan fingerprint density at radius 3 is 2.85 bits per heavy atom. The molecule has 0 aromatic rings. The zero-order valence-corrected chi connectivity index (χ0v) is 8.12. The molecule has 1 fully saturated rings. The first-order chi connectivity index (χ1) is 6.11. The van der Waals surface area contributed by atoms with E-state index in [-0.39, 0.29) is 0 Å². The average molecular weight is 183 g/mol. The molecule has 1 N–H and O–H groups in total. The van der Waals surface area contributed by atoms with Gasteiger partial charge in [-0.05, 0) is 32.9 Å². The van der Waals surface area contributed by atoms with Crippen molar-refractivity contribution in [3.05, 3.63) is 12.2 Å². The first-order valence-corrected chi connectivity index (χ1v) is 4.72. The largest absolute Gasteiger partial charge is 0.478 e. The summed E-state index contributed by atoms with van der Waals surface area (Å²) in [7, 11) is 2.05. The van der Waals surface area contributed by atoms with Gasteiger partial charge in [0, 0.05) is 11.6 Å². The van der Waals surface area contributed by atoms with E-state index in [1.165, 1.54) is 12.8 Å². The molecular formula is C10H17NO2. The quantitative estimate of drug-likeness (QED) is 0.674. The standard InChI is InChI=1S/C10H17NO2/c1-8(10(12)13)7-9-5-3-4-6-11(9)2/h9H,1,3-7H2,2H3,(H,12,13). The molecule has 0 aromatic carbocycles. The fourth-order valence-corrected chi connectivity index (χ4v) is 1.77. The van der Waals surface area contributed by atoms with Gasteiger partial charge in [-0.1, -0.05) is 13.0 Å². The number of hydrogen-bond acceptors (Lipinski definition) is 2. The number of carbonyl (C=O) groups is 1. The molecule has 0 saturated carbocycles. The minimum atomic E-state index is -0.862. The molecule has 1 saturated heterocycles.